The monoisotopic (exact) mass is 368 g/mol. The van der Waals surface area contributed by atoms with Gasteiger partial charge in [-0.15, -0.1) is 0 Å². The summed E-state index contributed by atoms with van der Waals surface area (Å²) in [6.07, 6.45) is 2.52. The molecule has 0 aliphatic carbocycles. The maximum Gasteiger partial charge on any atom is 0.170 e. The van der Waals surface area contributed by atoms with E-state index in [0.717, 1.165) is 5.56 Å². The molecule has 0 radical (unpaired) electrons. The summed E-state index contributed by atoms with van der Waals surface area (Å²) in [5.41, 5.74) is 2.29. The van der Waals surface area contributed by atoms with Crippen molar-refractivity contribution >= 4 is 11.6 Å². The highest BCUT2D eigenvalue weighted by Gasteiger charge is 2.16. The van der Waals surface area contributed by atoms with Crippen LogP contribution in [0.3, 0.4) is 0 Å². The second-order valence-corrected chi connectivity index (χ2v) is 7.58. The fourth-order valence-corrected chi connectivity index (χ4v) is 2.28. The molecular formula is C24H32O3. The Morgan fingerprint density at radius 1 is 0.778 bits per heavy atom. The standard InChI is InChI=1S/C20H22O3.C4H10/c1-20(2,3)16-9-5-14(6-10-16)18(21)13-19(22)15-7-11-17(23-4)12-8-15;1-3-4-2/h5-12H,13H2,1-4H3;3-4H2,1-2H3. The van der Waals surface area contributed by atoms with Gasteiger partial charge in [0.2, 0.25) is 0 Å². The van der Waals surface area contributed by atoms with Gasteiger partial charge in [-0.25, -0.2) is 0 Å². The van der Waals surface area contributed by atoms with Gasteiger partial charge in [0, 0.05) is 11.1 Å². The third-order valence-electron chi connectivity index (χ3n) is 4.31. The quantitative estimate of drug-likeness (QED) is 0.447. The van der Waals surface area contributed by atoms with Crippen LogP contribution in [0.5, 0.6) is 5.75 Å². The first-order valence-electron chi connectivity index (χ1n) is 9.53. The molecule has 146 valence electrons. The van der Waals surface area contributed by atoms with Gasteiger partial charge < -0.3 is 4.74 Å². The summed E-state index contributed by atoms with van der Waals surface area (Å²) >= 11 is 0. The first-order valence-corrected chi connectivity index (χ1v) is 9.53. The summed E-state index contributed by atoms with van der Waals surface area (Å²) in [5.74, 6) is 0.342. The molecule has 0 N–H and O–H groups in total. The Bertz CT molecular complexity index is 718. The van der Waals surface area contributed by atoms with Crippen LogP contribution in [0.1, 0.15) is 80.2 Å². The lowest BCUT2D eigenvalue weighted by Gasteiger charge is -2.18. The fraction of sp³-hybridized carbons (Fsp3) is 0.417. The Morgan fingerprint density at radius 3 is 1.52 bits per heavy atom. The Labute approximate surface area is 163 Å². The van der Waals surface area contributed by atoms with E-state index in [1.807, 2.05) is 12.1 Å². The van der Waals surface area contributed by atoms with Crippen molar-refractivity contribution in [3.05, 3.63) is 65.2 Å². The molecule has 0 aromatic heterocycles. The Kier molecular flexibility index (Phi) is 8.93. The number of hydrogen-bond donors (Lipinski definition) is 0. The van der Waals surface area contributed by atoms with Crippen LogP contribution in [0, 0.1) is 0 Å². The van der Waals surface area contributed by atoms with Gasteiger partial charge in [-0.05, 0) is 35.2 Å². The minimum absolute atomic E-state index is 0.0422. The van der Waals surface area contributed by atoms with Crippen LogP contribution in [0.25, 0.3) is 0 Å². The summed E-state index contributed by atoms with van der Waals surface area (Å²) < 4.78 is 5.06. The Hall–Kier alpha value is -2.42. The third kappa shape index (κ3) is 7.38. The van der Waals surface area contributed by atoms with E-state index in [9.17, 15) is 9.59 Å². The van der Waals surface area contributed by atoms with E-state index in [4.69, 9.17) is 4.74 Å². The number of carbonyl (C=O) groups excluding carboxylic acids is 2. The Morgan fingerprint density at radius 2 is 1.19 bits per heavy atom. The van der Waals surface area contributed by atoms with Crippen molar-refractivity contribution in [2.24, 2.45) is 0 Å². The van der Waals surface area contributed by atoms with E-state index in [1.165, 1.54) is 12.8 Å². The van der Waals surface area contributed by atoms with Gasteiger partial charge in [-0.2, -0.15) is 0 Å². The minimum atomic E-state index is -0.183. The summed E-state index contributed by atoms with van der Waals surface area (Å²) in [4.78, 5) is 24.5. The van der Waals surface area contributed by atoms with Crippen molar-refractivity contribution in [2.45, 2.75) is 59.3 Å². The molecule has 0 amide bonds. The number of benzene rings is 2. The highest BCUT2D eigenvalue weighted by atomic mass is 16.5. The first-order chi connectivity index (χ1) is 12.7. The van der Waals surface area contributed by atoms with Crippen LogP contribution < -0.4 is 4.74 Å². The van der Waals surface area contributed by atoms with E-state index in [-0.39, 0.29) is 23.4 Å². The molecule has 3 heteroatoms. The number of carbonyl (C=O) groups is 2. The van der Waals surface area contributed by atoms with Crippen molar-refractivity contribution in [1.82, 2.24) is 0 Å². The van der Waals surface area contributed by atoms with Crippen molar-refractivity contribution in [3.63, 3.8) is 0 Å². The van der Waals surface area contributed by atoms with Gasteiger partial charge in [0.15, 0.2) is 11.6 Å². The van der Waals surface area contributed by atoms with Crippen LogP contribution in [-0.4, -0.2) is 18.7 Å². The van der Waals surface area contributed by atoms with E-state index in [0.29, 0.717) is 16.9 Å². The molecule has 0 atom stereocenters. The normalized spacial score (nSPS) is 10.6. The fourth-order valence-electron chi connectivity index (χ4n) is 2.28. The van der Waals surface area contributed by atoms with E-state index >= 15 is 0 Å². The number of rotatable bonds is 6. The van der Waals surface area contributed by atoms with Crippen LogP contribution in [0.15, 0.2) is 48.5 Å². The van der Waals surface area contributed by atoms with Gasteiger partial charge in [0.25, 0.3) is 0 Å². The average Bonchev–Trinajstić information content (AvgIpc) is 2.67. The molecule has 0 heterocycles. The largest absolute Gasteiger partial charge is 0.497 e. The molecule has 2 rings (SSSR count). The molecule has 0 aliphatic rings. The molecular weight excluding hydrogens is 336 g/mol. The number of ether oxygens (including phenoxy) is 1. The second-order valence-electron chi connectivity index (χ2n) is 7.58. The molecule has 2 aromatic rings. The molecule has 3 nitrogen and oxygen atoms in total. The molecule has 0 saturated heterocycles. The summed E-state index contributed by atoms with van der Waals surface area (Å²) in [6, 6.07) is 14.3. The zero-order valence-electron chi connectivity index (χ0n) is 17.5. The predicted molar refractivity (Wildman–Crippen MR) is 112 cm³/mol. The number of hydrogen-bond acceptors (Lipinski definition) is 3. The first kappa shape index (κ1) is 22.6. The van der Waals surface area contributed by atoms with Crippen LogP contribution >= 0.6 is 0 Å². The lowest BCUT2D eigenvalue weighted by Crippen LogP contribution is -2.12. The molecule has 27 heavy (non-hydrogen) atoms. The van der Waals surface area contributed by atoms with Crippen molar-refractivity contribution < 1.29 is 14.3 Å². The molecule has 0 bridgehead atoms. The summed E-state index contributed by atoms with van der Waals surface area (Å²) in [5, 5.41) is 0. The van der Waals surface area contributed by atoms with Crippen LogP contribution in [0.2, 0.25) is 0 Å². The van der Waals surface area contributed by atoms with Crippen molar-refractivity contribution in [3.8, 4) is 5.75 Å². The van der Waals surface area contributed by atoms with E-state index in [2.05, 4.69) is 34.6 Å². The number of ketones is 2. The number of Topliss-reactive ketones (excluding diaryl/α,β-unsaturated/α-hetero) is 2. The molecule has 2 aromatic carbocycles. The number of unbranched alkanes of at least 4 members (excludes halogenated alkanes) is 1. The molecule has 0 saturated carbocycles. The number of methoxy groups -OCH3 is 1. The zero-order valence-corrected chi connectivity index (χ0v) is 17.5. The van der Waals surface area contributed by atoms with Gasteiger partial charge in [0.05, 0.1) is 13.5 Å². The zero-order chi connectivity index (χ0) is 20.4. The molecule has 0 unspecified atom stereocenters. The highest BCUT2D eigenvalue weighted by Crippen LogP contribution is 2.22. The SMILES string of the molecule is CCCC.COc1ccc(C(=O)CC(=O)c2ccc(C(C)(C)C)cc2)cc1. The maximum absolute atomic E-state index is 12.3. The average molecular weight is 369 g/mol. The van der Waals surface area contributed by atoms with Gasteiger partial charge >= 0.3 is 0 Å². The third-order valence-corrected chi connectivity index (χ3v) is 4.31. The lowest BCUT2D eigenvalue weighted by atomic mass is 9.86. The van der Waals surface area contributed by atoms with E-state index < -0.39 is 0 Å². The van der Waals surface area contributed by atoms with Crippen molar-refractivity contribution in [2.75, 3.05) is 7.11 Å². The highest BCUT2D eigenvalue weighted by molar-refractivity contribution is 6.13. The van der Waals surface area contributed by atoms with Gasteiger partial charge in [0.1, 0.15) is 5.75 Å². The summed E-state index contributed by atoms with van der Waals surface area (Å²) in [7, 11) is 1.57. The molecule has 0 aliphatic heterocycles. The Balaban J connectivity index is 0.000000828. The van der Waals surface area contributed by atoms with Crippen LogP contribution in [-0.2, 0) is 5.41 Å². The minimum Gasteiger partial charge on any atom is -0.497 e. The van der Waals surface area contributed by atoms with Crippen molar-refractivity contribution in [1.29, 1.82) is 0 Å². The van der Waals surface area contributed by atoms with Crippen LogP contribution in [0.4, 0.5) is 0 Å². The van der Waals surface area contributed by atoms with E-state index in [1.54, 1.807) is 43.5 Å². The van der Waals surface area contributed by atoms with Gasteiger partial charge in [-0.3, -0.25) is 9.59 Å². The second kappa shape index (κ2) is 10.7. The van der Waals surface area contributed by atoms with Gasteiger partial charge in [-0.1, -0.05) is 71.7 Å². The topological polar surface area (TPSA) is 43.4 Å². The molecule has 0 fully saturated rings. The predicted octanol–water partition coefficient (Wildman–Crippen LogP) is 6.25. The maximum atomic E-state index is 12.3. The lowest BCUT2D eigenvalue weighted by molar-refractivity contribution is 0.0894. The molecule has 0 spiro atoms. The smallest absolute Gasteiger partial charge is 0.170 e. The summed E-state index contributed by atoms with van der Waals surface area (Å²) in [6.45, 7) is 10.7.